The summed E-state index contributed by atoms with van der Waals surface area (Å²) in [5.74, 6) is 1.25. The van der Waals surface area contributed by atoms with E-state index in [1.165, 1.54) is 89.3 Å². The second-order valence-electron chi connectivity index (χ2n) is 7.54. The Labute approximate surface area is 157 Å². The van der Waals surface area contributed by atoms with Crippen molar-refractivity contribution in [3.63, 3.8) is 0 Å². The average molecular weight is 350 g/mol. The van der Waals surface area contributed by atoms with Gasteiger partial charge >= 0.3 is 0 Å². The number of hydrogen-bond acceptors (Lipinski definition) is 3. The fraction of sp³-hybridized carbons (Fsp3) is 0.864. The molecule has 0 amide bonds. The summed E-state index contributed by atoms with van der Waals surface area (Å²) in [6.07, 6.45) is 23.7. The standard InChI is InChI=1S/C22H43N3/c1-3-4-5-6-7-8-9-10-11-12-13-14-15-16-17-18-22-24-19-20-25(22)21(2)23/h4-5,21H,3,6-20,23H2,1-2H3/b5-4+. The van der Waals surface area contributed by atoms with Crippen LogP contribution in [0.4, 0.5) is 0 Å². The maximum Gasteiger partial charge on any atom is 0.100 e. The van der Waals surface area contributed by atoms with Crippen LogP contribution in [0.5, 0.6) is 0 Å². The highest BCUT2D eigenvalue weighted by molar-refractivity contribution is 5.83. The van der Waals surface area contributed by atoms with Crippen molar-refractivity contribution < 1.29 is 0 Å². The molecule has 1 rings (SSSR count). The molecule has 1 heterocycles. The quantitative estimate of drug-likeness (QED) is 0.272. The number of aliphatic imine (C=N–C) groups is 1. The average Bonchev–Trinajstić information content (AvgIpc) is 3.07. The third-order valence-electron chi connectivity index (χ3n) is 5.13. The lowest BCUT2D eigenvalue weighted by Crippen LogP contribution is -2.41. The van der Waals surface area contributed by atoms with Crippen LogP contribution in [0.15, 0.2) is 17.1 Å². The second kappa shape index (κ2) is 15.4. The molecule has 1 atom stereocenters. The minimum absolute atomic E-state index is 0.119. The van der Waals surface area contributed by atoms with Crippen LogP contribution in [0, 0.1) is 0 Å². The van der Waals surface area contributed by atoms with Crippen LogP contribution >= 0.6 is 0 Å². The molecule has 0 spiro atoms. The topological polar surface area (TPSA) is 41.6 Å². The van der Waals surface area contributed by atoms with Crippen LogP contribution in [-0.2, 0) is 0 Å². The molecule has 146 valence electrons. The summed E-state index contributed by atoms with van der Waals surface area (Å²) in [5.41, 5.74) is 5.99. The highest BCUT2D eigenvalue weighted by atomic mass is 15.3. The molecule has 0 bridgehead atoms. The number of unbranched alkanes of at least 4 members (excludes halogenated alkanes) is 11. The summed E-state index contributed by atoms with van der Waals surface area (Å²) in [6, 6.07) is 0. The fourth-order valence-electron chi connectivity index (χ4n) is 3.59. The Morgan fingerprint density at radius 1 is 0.920 bits per heavy atom. The maximum absolute atomic E-state index is 5.99. The Morgan fingerprint density at radius 3 is 2.04 bits per heavy atom. The van der Waals surface area contributed by atoms with Crippen molar-refractivity contribution in [3.05, 3.63) is 12.2 Å². The predicted molar refractivity (Wildman–Crippen MR) is 112 cm³/mol. The molecule has 25 heavy (non-hydrogen) atoms. The summed E-state index contributed by atoms with van der Waals surface area (Å²) in [7, 11) is 0. The first-order valence-corrected chi connectivity index (χ1v) is 11.0. The summed E-state index contributed by atoms with van der Waals surface area (Å²) >= 11 is 0. The molecule has 0 radical (unpaired) electrons. The van der Waals surface area contributed by atoms with Crippen molar-refractivity contribution >= 4 is 5.84 Å². The Hall–Kier alpha value is -0.830. The molecule has 2 N–H and O–H groups in total. The third kappa shape index (κ3) is 11.4. The van der Waals surface area contributed by atoms with E-state index in [0.29, 0.717) is 0 Å². The summed E-state index contributed by atoms with van der Waals surface area (Å²) < 4.78 is 0. The van der Waals surface area contributed by atoms with E-state index in [2.05, 4.69) is 35.9 Å². The molecule has 0 fully saturated rings. The van der Waals surface area contributed by atoms with E-state index in [9.17, 15) is 0 Å². The van der Waals surface area contributed by atoms with Gasteiger partial charge in [0.2, 0.25) is 0 Å². The van der Waals surface area contributed by atoms with E-state index < -0.39 is 0 Å². The minimum Gasteiger partial charge on any atom is -0.343 e. The Bertz CT molecular complexity index is 360. The lowest BCUT2D eigenvalue weighted by atomic mass is 10.0. The zero-order valence-electron chi connectivity index (χ0n) is 17.0. The van der Waals surface area contributed by atoms with E-state index in [1.807, 2.05) is 0 Å². The van der Waals surface area contributed by atoms with Crippen molar-refractivity contribution in [2.75, 3.05) is 13.1 Å². The van der Waals surface area contributed by atoms with Crippen LogP contribution in [-0.4, -0.2) is 30.0 Å². The highest BCUT2D eigenvalue weighted by Crippen LogP contribution is 2.15. The molecule has 0 aromatic rings. The molecule has 3 nitrogen and oxygen atoms in total. The zero-order valence-corrected chi connectivity index (χ0v) is 17.0. The van der Waals surface area contributed by atoms with E-state index in [0.717, 1.165) is 19.5 Å². The molecule has 0 aromatic heterocycles. The van der Waals surface area contributed by atoms with E-state index in [-0.39, 0.29) is 6.17 Å². The molecule has 1 unspecified atom stereocenters. The molecule has 0 saturated carbocycles. The van der Waals surface area contributed by atoms with Crippen LogP contribution in [0.25, 0.3) is 0 Å². The molecular weight excluding hydrogens is 306 g/mol. The number of nitrogens with two attached hydrogens (primary N) is 1. The maximum atomic E-state index is 5.99. The monoisotopic (exact) mass is 349 g/mol. The van der Waals surface area contributed by atoms with Gasteiger partial charge in [-0.1, -0.05) is 76.9 Å². The molecule has 1 aliphatic rings. The second-order valence-corrected chi connectivity index (χ2v) is 7.54. The lowest BCUT2D eigenvalue weighted by Gasteiger charge is -2.24. The van der Waals surface area contributed by atoms with Gasteiger partial charge in [0.25, 0.3) is 0 Å². The predicted octanol–water partition coefficient (Wildman–Crippen LogP) is 6.04. The van der Waals surface area contributed by atoms with Crippen molar-refractivity contribution in [2.45, 2.75) is 110 Å². The Kier molecular flexibility index (Phi) is 13.7. The first-order valence-electron chi connectivity index (χ1n) is 11.0. The zero-order chi connectivity index (χ0) is 18.2. The molecule has 0 saturated heterocycles. The summed E-state index contributed by atoms with van der Waals surface area (Å²) in [4.78, 5) is 6.86. The van der Waals surface area contributed by atoms with Crippen LogP contribution in [0.1, 0.15) is 104 Å². The number of amidine groups is 1. The van der Waals surface area contributed by atoms with Gasteiger partial charge in [0.1, 0.15) is 5.84 Å². The first-order chi connectivity index (χ1) is 12.3. The lowest BCUT2D eigenvalue weighted by molar-refractivity contribution is 0.358. The van der Waals surface area contributed by atoms with Gasteiger partial charge in [0, 0.05) is 13.0 Å². The normalized spacial score (nSPS) is 16.0. The van der Waals surface area contributed by atoms with Gasteiger partial charge < -0.3 is 10.6 Å². The van der Waals surface area contributed by atoms with Gasteiger partial charge in [0.05, 0.1) is 12.7 Å². The van der Waals surface area contributed by atoms with E-state index in [1.54, 1.807) is 0 Å². The number of hydrogen-bond donors (Lipinski definition) is 1. The van der Waals surface area contributed by atoms with Crippen molar-refractivity contribution in [2.24, 2.45) is 10.7 Å². The van der Waals surface area contributed by atoms with Gasteiger partial charge in [-0.15, -0.1) is 0 Å². The Balaban J connectivity index is 1.80. The van der Waals surface area contributed by atoms with Crippen LogP contribution < -0.4 is 5.73 Å². The Morgan fingerprint density at radius 2 is 1.48 bits per heavy atom. The fourth-order valence-corrected chi connectivity index (χ4v) is 3.59. The van der Waals surface area contributed by atoms with Crippen molar-refractivity contribution in [1.82, 2.24) is 4.90 Å². The van der Waals surface area contributed by atoms with Gasteiger partial charge in [-0.2, -0.15) is 0 Å². The van der Waals surface area contributed by atoms with Crippen LogP contribution in [0.2, 0.25) is 0 Å². The molecule has 0 aliphatic carbocycles. The van der Waals surface area contributed by atoms with Crippen molar-refractivity contribution in [1.29, 1.82) is 0 Å². The van der Waals surface area contributed by atoms with Crippen LogP contribution in [0.3, 0.4) is 0 Å². The third-order valence-corrected chi connectivity index (χ3v) is 5.13. The minimum atomic E-state index is 0.119. The van der Waals surface area contributed by atoms with Gasteiger partial charge in [-0.25, -0.2) is 0 Å². The van der Waals surface area contributed by atoms with E-state index >= 15 is 0 Å². The number of rotatable bonds is 16. The van der Waals surface area contributed by atoms with E-state index in [4.69, 9.17) is 5.73 Å². The first kappa shape index (κ1) is 22.2. The summed E-state index contributed by atoms with van der Waals surface area (Å²) in [5, 5.41) is 0. The molecule has 1 aliphatic heterocycles. The summed E-state index contributed by atoms with van der Waals surface area (Å²) in [6.45, 7) is 6.22. The van der Waals surface area contributed by atoms with Gasteiger partial charge in [-0.05, 0) is 32.6 Å². The smallest absolute Gasteiger partial charge is 0.100 e. The van der Waals surface area contributed by atoms with Gasteiger partial charge in [-0.3, -0.25) is 4.99 Å². The highest BCUT2D eigenvalue weighted by Gasteiger charge is 2.18. The molecule has 3 heteroatoms. The molecule has 0 aromatic carbocycles. The van der Waals surface area contributed by atoms with Crippen molar-refractivity contribution in [3.8, 4) is 0 Å². The number of allylic oxidation sites excluding steroid dienone is 2. The number of nitrogens with zero attached hydrogens (tertiary/aromatic N) is 2. The van der Waals surface area contributed by atoms with Gasteiger partial charge in [0.15, 0.2) is 0 Å². The SMILES string of the molecule is CC/C=C/CCCCCCCCCCCCCC1=NCCN1C(C)N. The largest absolute Gasteiger partial charge is 0.343 e. The molecular formula is C22H43N3.